The zero-order chi connectivity index (χ0) is 41.8. The van der Waals surface area contributed by atoms with Gasteiger partial charge in [-0.2, -0.15) is 4.89 Å². The maximum absolute atomic E-state index is 14.0. The molecule has 2 aliphatic heterocycles. The summed E-state index contributed by atoms with van der Waals surface area (Å²) in [5, 5.41) is 1.02. The number of rotatable bonds is 13. The number of amides is 2. The Labute approximate surface area is 359 Å². The highest BCUT2D eigenvalue weighted by molar-refractivity contribution is 6.32. The Morgan fingerprint density at radius 2 is 1.18 bits per heavy atom. The minimum Gasteiger partial charge on any atom is -0.340 e. The van der Waals surface area contributed by atoms with Crippen LogP contribution in [0.3, 0.4) is 0 Å². The van der Waals surface area contributed by atoms with E-state index >= 15 is 0 Å². The van der Waals surface area contributed by atoms with Gasteiger partial charge < -0.3 is 24.7 Å². The van der Waals surface area contributed by atoms with Crippen molar-refractivity contribution in [2.24, 2.45) is 4.99 Å². The molecule has 2 fully saturated rings. The molecule has 0 unspecified atom stereocenters. The summed E-state index contributed by atoms with van der Waals surface area (Å²) in [6.45, 7) is 1.23. The van der Waals surface area contributed by atoms with E-state index in [4.69, 9.17) is 38.1 Å². The van der Waals surface area contributed by atoms with Crippen LogP contribution in [-0.2, 0) is 19.4 Å². The molecule has 4 atom stereocenters. The highest BCUT2D eigenvalue weighted by atomic mass is 35.5. The van der Waals surface area contributed by atoms with Crippen LogP contribution < -0.4 is 0 Å². The van der Waals surface area contributed by atoms with Gasteiger partial charge in [-0.1, -0.05) is 108 Å². The maximum atomic E-state index is 14.0. The van der Waals surface area contributed by atoms with Gasteiger partial charge in [0, 0.05) is 28.7 Å². The van der Waals surface area contributed by atoms with Crippen LogP contribution in [0.5, 0.6) is 0 Å². The van der Waals surface area contributed by atoms with Crippen LogP contribution >= 0.6 is 23.2 Å². The third kappa shape index (κ3) is 8.46. The number of H-pyrrole nitrogens is 2. The highest BCUT2D eigenvalue weighted by Crippen LogP contribution is 2.38. The van der Waals surface area contributed by atoms with Crippen LogP contribution in [0.4, 0.5) is 0 Å². The summed E-state index contributed by atoms with van der Waals surface area (Å²) < 4.78 is 0. The highest BCUT2D eigenvalue weighted by Gasteiger charge is 2.39. The van der Waals surface area contributed by atoms with Gasteiger partial charge in [-0.3, -0.25) is 14.5 Å². The van der Waals surface area contributed by atoms with Gasteiger partial charge in [-0.15, -0.1) is 0 Å². The number of carbonyl (C=O) groups is 2. The van der Waals surface area contributed by atoms with Crippen LogP contribution in [-0.4, -0.2) is 87.1 Å². The monoisotopic (exact) mass is 844 g/mol. The first-order chi connectivity index (χ1) is 29.2. The number of nitrogens with zero attached hydrogens (tertiary/aromatic N) is 6. The number of benzene rings is 4. The third-order valence-electron chi connectivity index (χ3n) is 11.4. The fourth-order valence-electron chi connectivity index (χ4n) is 8.37. The fourth-order valence-corrected chi connectivity index (χ4v) is 8.84. The molecule has 0 spiro atoms. The Morgan fingerprint density at radius 1 is 0.717 bits per heavy atom. The number of likely N-dealkylation sites (N-methyl/N-ethyl adjacent to an activating group) is 1. The molecule has 308 valence electrons. The van der Waals surface area contributed by atoms with Crippen LogP contribution in [0.25, 0.3) is 33.6 Å². The van der Waals surface area contributed by atoms with Crippen LogP contribution in [0, 0.1) is 0 Å². The molecular formula is C46H46Cl2N8O4. The van der Waals surface area contributed by atoms with Gasteiger partial charge in [0.1, 0.15) is 17.7 Å². The van der Waals surface area contributed by atoms with Crippen molar-refractivity contribution in [3.8, 4) is 33.6 Å². The number of aliphatic imine (C=N–C) groups is 1. The van der Waals surface area contributed by atoms with E-state index in [1.165, 1.54) is 7.11 Å². The predicted octanol–water partition coefficient (Wildman–Crippen LogP) is 9.42. The van der Waals surface area contributed by atoms with Crippen molar-refractivity contribution in [3.05, 3.63) is 142 Å². The van der Waals surface area contributed by atoms with E-state index in [0.29, 0.717) is 28.7 Å². The lowest BCUT2D eigenvalue weighted by Gasteiger charge is -2.32. The number of imidazole rings is 2. The number of aromatic nitrogens is 4. The molecule has 60 heavy (non-hydrogen) atoms. The van der Waals surface area contributed by atoms with Gasteiger partial charge >= 0.3 is 0 Å². The molecule has 2 amide bonds. The van der Waals surface area contributed by atoms with Crippen molar-refractivity contribution in [2.45, 2.75) is 49.9 Å². The zero-order valence-corrected chi connectivity index (χ0v) is 35.1. The maximum Gasteiger partial charge on any atom is 0.252 e. The molecular weight excluding hydrogens is 799 g/mol. The van der Waals surface area contributed by atoms with Crippen molar-refractivity contribution in [2.75, 3.05) is 34.3 Å². The number of hydrogen-bond acceptors (Lipinski definition) is 8. The van der Waals surface area contributed by atoms with Crippen molar-refractivity contribution in [1.82, 2.24) is 34.6 Å². The summed E-state index contributed by atoms with van der Waals surface area (Å²) in [4.78, 5) is 64.1. The second-order valence-electron chi connectivity index (χ2n) is 15.2. The minimum absolute atomic E-state index is 0.0177. The summed E-state index contributed by atoms with van der Waals surface area (Å²) in [5.41, 5.74) is 7.27. The third-order valence-corrected chi connectivity index (χ3v) is 12.0. The second-order valence-corrected chi connectivity index (χ2v) is 16.0. The van der Waals surface area contributed by atoms with Crippen molar-refractivity contribution in [1.29, 1.82) is 0 Å². The minimum atomic E-state index is -0.898. The molecule has 2 saturated heterocycles. The van der Waals surface area contributed by atoms with Crippen LogP contribution in [0.15, 0.2) is 114 Å². The lowest BCUT2D eigenvalue weighted by atomic mass is 10.0. The Hall–Kier alpha value is -5.79. The molecule has 0 aliphatic carbocycles. The number of hydrogen-bond donors (Lipinski definition) is 2. The zero-order valence-electron chi connectivity index (χ0n) is 33.6. The number of likely N-dealkylation sites (tertiary alicyclic amines) is 2. The van der Waals surface area contributed by atoms with Crippen molar-refractivity contribution in [3.63, 3.8) is 0 Å². The van der Waals surface area contributed by atoms with E-state index in [2.05, 4.69) is 68.4 Å². The lowest BCUT2D eigenvalue weighted by Crippen LogP contribution is -2.40. The average Bonchev–Trinajstić information content (AvgIpc) is 4.11. The molecule has 4 aromatic carbocycles. The van der Waals surface area contributed by atoms with Crippen LogP contribution in [0.2, 0.25) is 10.0 Å². The summed E-state index contributed by atoms with van der Waals surface area (Å²) in [6.07, 6.45) is 8.11. The molecule has 2 aromatic heterocycles. The van der Waals surface area contributed by atoms with Crippen molar-refractivity contribution < 1.29 is 19.4 Å². The van der Waals surface area contributed by atoms with E-state index in [1.807, 2.05) is 77.6 Å². The lowest BCUT2D eigenvalue weighted by molar-refractivity contribution is -0.188. The van der Waals surface area contributed by atoms with Crippen LogP contribution in [0.1, 0.15) is 72.6 Å². The van der Waals surface area contributed by atoms with E-state index in [1.54, 1.807) is 12.1 Å². The predicted molar refractivity (Wildman–Crippen MR) is 233 cm³/mol. The summed E-state index contributed by atoms with van der Waals surface area (Å²) in [7, 11) is 5.18. The Morgan fingerprint density at radius 3 is 1.67 bits per heavy atom. The SMILES string of the molecule is COO/C=N\[C@@H](C(=O)N1CCC[C@H]1c1ncc(-c2ccc(-c3ccc(-c4cnc([C@@H]5CCCN5C(=O)[C@@H](c5ccccc5Cl)N(C)C)[nH]4)cc3)cc2)[nH]1)c1ccccc1Cl. The number of nitrogens with one attached hydrogen (secondary N) is 2. The van der Waals surface area contributed by atoms with Gasteiger partial charge in [0.2, 0.25) is 12.3 Å². The molecule has 2 aliphatic rings. The summed E-state index contributed by atoms with van der Waals surface area (Å²) in [6, 6.07) is 29.6. The van der Waals surface area contributed by atoms with E-state index in [0.717, 1.165) is 82.9 Å². The largest absolute Gasteiger partial charge is 0.340 e. The molecule has 0 bridgehead atoms. The summed E-state index contributed by atoms with van der Waals surface area (Å²) >= 11 is 13.1. The van der Waals surface area contributed by atoms with Gasteiger partial charge in [-0.25, -0.2) is 15.0 Å². The van der Waals surface area contributed by atoms with E-state index in [9.17, 15) is 9.59 Å². The topological polar surface area (TPSA) is 132 Å². The fraction of sp³-hybridized carbons (Fsp3) is 0.283. The van der Waals surface area contributed by atoms with Crippen molar-refractivity contribution >= 4 is 41.4 Å². The molecule has 0 radical (unpaired) electrons. The number of halogens is 2. The Balaban J connectivity index is 0.934. The summed E-state index contributed by atoms with van der Waals surface area (Å²) in [5.74, 6) is 1.32. The molecule has 6 aromatic rings. The molecule has 12 nitrogen and oxygen atoms in total. The smallest absolute Gasteiger partial charge is 0.252 e. The normalized spacial score (nSPS) is 17.8. The van der Waals surface area contributed by atoms with Gasteiger partial charge in [0.25, 0.3) is 5.91 Å². The standard InChI is InChI=1S/C46H46Cl2N8O4/c1-54(2)42(34-11-5-7-13-36(34)48)46(58)56-25-9-15-40(56)44-50-27-38(53-44)32-22-18-30(19-23-32)29-16-20-31(21-17-29)37-26-49-43(52-37)39-14-8-24-55(39)45(57)41(51-28-60-59-3)33-10-4-6-12-35(33)47/h4-7,10-13,16-23,26-28,39-42H,8-9,14-15,24-25H2,1-3H3,(H,49,52)(H,50,53)/b51-28-/t39-,40-,41+,42+/m0/s1. The Kier molecular flexibility index (Phi) is 12.4. The van der Waals surface area contributed by atoms with E-state index in [-0.39, 0.29) is 23.9 Å². The van der Waals surface area contributed by atoms with Gasteiger partial charge in [0.05, 0.1) is 43.0 Å². The molecule has 14 heteroatoms. The van der Waals surface area contributed by atoms with Gasteiger partial charge in [0.15, 0.2) is 6.04 Å². The number of carbonyl (C=O) groups excluding carboxylic acids is 2. The molecule has 4 heterocycles. The quantitative estimate of drug-likeness (QED) is 0.0513. The average molecular weight is 846 g/mol. The van der Waals surface area contributed by atoms with Gasteiger partial charge in [-0.05, 0) is 79.7 Å². The number of aromatic amines is 2. The second kappa shape index (κ2) is 18.2. The first-order valence-corrected chi connectivity index (χ1v) is 20.8. The molecule has 0 saturated carbocycles. The molecule has 2 N–H and O–H groups in total. The molecule has 8 rings (SSSR count). The first-order valence-electron chi connectivity index (χ1n) is 20.0. The first kappa shape index (κ1) is 41.0. The Bertz CT molecular complexity index is 2470. The van der Waals surface area contributed by atoms with E-state index < -0.39 is 12.1 Å².